The Morgan fingerprint density at radius 1 is 0.408 bits per heavy atom. The smallest absolute Gasteiger partial charge is 0.135 e. The van der Waals surface area contributed by atoms with Crippen molar-refractivity contribution in [2.75, 3.05) is 0 Å². The van der Waals surface area contributed by atoms with Crippen LogP contribution in [-0.4, -0.2) is 9.97 Å². The molecule has 0 spiro atoms. The molecule has 0 bridgehead atoms. The van der Waals surface area contributed by atoms with E-state index < -0.39 is 0 Å². The van der Waals surface area contributed by atoms with Crippen LogP contribution >= 0.6 is 0 Å². The summed E-state index contributed by atoms with van der Waals surface area (Å²) in [5, 5.41) is 7.04. The average Bonchev–Trinajstić information content (AvgIpc) is 3.56. The van der Waals surface area contributed by atoms with Crippen LogP contribution in [0.1, 0.15) is 24.1 Å². The molecule has 2 aromatic heterocycles. The molecular weight excluding hydrogens is 597 g/mol. The van der Waals surface area contributed by atoms with Crippen LogP contribution in [0.5, 0.6) is 0 Å². The zero-order valence-corrected chi connectivity index (χ0v) is 26.7. The Morgan fingerprint density at radius 2 is 0.980 bits per heavy atom. The molecule has 3 nitrogen and oxygen atoms in total. The zero-order chi connectivity index (χ0) is 32.3. The van der Waals surface area contributed by atoms with Crippen molar-refractivity contribution in [1.82, 2.24) is 9.97 Å². The van der Waals surface area contributed by atoms with Crippen LogP contribution < -0.4 is 0 Å². The summed E-state index contributed by atoms with van der Waals surface area (Å²) in [5.41, 5.74) is 13.4. The molecule has 3 heteroatoms. The van der Waals surface area contributed by atoms with Gasteiger partial charge in [0.2, 0.25) is 0 Å². The number of furan rings is 1. The Kier molecular flexibility index (Phi) is 6.31. The number of rotatable bonds is 4. The Labute approximate surface area is 283 Å². The van der Waals surface area contributed by atoms with Gasteiger partial charge < -0.3 is 4.42 Å². The lowest BCUT2D eigenvalue weighted by Crippen LogP contribution is -1.98. The minimum atomic E-state index is 0.920. The van der Waals surface area contributed by atoms with E-state index >= 15 is 0 Å². The largest absolute Gasteiger partial charge is 0.456 e. The Hall–Kier alpha value is -6.32. The Morgan fingerprint density at radius 3 is 1.73 bits per heavy atom. The topological polar surface area (TPSA) is 38.9 Å². The summed E-state index contributed by atoms with van der Waals surface area (Å²) in [6, 6.07) is 49.5. The molecule has 10 rings (SSSR count). The van der Waals surface area contributed by atoms with E-state index in [0.717, 1.165) is 62.3 Å². The van der Waals surface area contributed by atoms with Crippen molar-refractivity contribution in [3.63, 3.8) is 0 Å². The number of fused-ring (bicyclic) bond motifs is 9. The van der Waals surface area contributed by atoms with Gasteiger partial charge in [-0.25, -0.2) is 4.98 Å². The zero-order valence-electron chi connectivity index (χ0n) is 26.7. The maximum Gasteiger partial charge on any atom is 0.135 e. The molecule has 0 atom stereocenters. The summed E-state index contributed by atoms with van der Waals surface area (Å²) in [6.07, 6.45) is 8.33. The van der Waals surface area contributed by atoms with E-state index in [0.29, 0.717) is 0 Å². The van der Waals surface area contributed by atoms with Crippen LogP contribution in [-0.2, 0) is 0 Å². The molecule has 0 radical (unpaired) electrons. The first-order valence-electron chi connectivity index (χ1n) is 16.9. The molecule has 0 saturated heterocycles. The lowest BCUT2D eigenvalue weighted by molar-refractivity contribution is 0.669. The quantitative estimate of drug-likeness (QED) is 0.182. The normalized spacial score (nSPS) is 13.4. The van der Waals surface area contributed by atoms with Crippen LogP contribution in [0.2, 0.25) is 0 Å². The molecule has 9 aromatic rings. The van der Waals surface area contributed by atoms with Crippen LogP contribution in [0, 0.1) is 0 Å². The molecule has 49 heavy (non-hydrogen) atoms. The second-order valence-electron chi connectivity index (χ2n) is 12.9. The lowest BCUT2D eigenvalue weighted by Gasteiger charge is -2.16. The van der Waals surface area contributed by atoms with Crippen molar-refractivity contribution in [2.24, 2.45) is 0 Å². The molecule has 0 saturated carbocycles. The average molecular weight is 627 g/mol. The highest BCUT2D eigenvalue weighted by Gasteiger charge is 2.16. The van der Waals surface area contributed by atoms with Crippen LogP contribution in [0.3, 0.4) is 0 Å². The van der Waals surface area contributed by atoms with Gasteiger partial charge in [-0.2, -0.15) is 0 Å². The fourth-order valence-corrected chi connectivity index (χ4v) is 7.53. The molecule has 0 amide bonds. The van der Waals surface area contributed by atoms with Gasteiger partial charge in [0.1, 0.15) is 11.2 Å². The van der Waals surface area contributed by atoms with Crippen molar-refractivity contribution >= 4 is 65.7 Å². The first-order chi connectivity index (χ1) is 24.3. The van der Waals surface area contributed by atoms with Crippen molar-refractivity contribution < 1.29 is 4.42 Å². The second-order valence-corrected chi connectivity index (χ2v) is 12.9. The van der Waals surface area contributed by atoms with Gasteiger partial charge >= 0.3 is 0 Å². The summed E-state index contributed by atoms with van der Waals surface area (Å²) >= 11 is 0. The van der Waals surface area contributed by atoms with Gasteiger partial charge in [0, 0.05) is 21.5 Å². The molecule has 0 aliphatic heterocycles. The molecule has 1 aliphatic rings. The maximum absolute atomic E-state index is 6.05. The molecule has 1 aliphatic carbocycles. The highest BCUT2D eigenvalue weighted by atomic mass is 16.3. The summed E-state index contributed by atoms with van der Waals surface area (Å²) < 4.78 is 6.05. The fourth-order valence-electron chi connectivity index (χ4n) is 7.53. The predicted molar refractivity (Wildman–Crippen MR) is 204 cm³/mol. The van der Waals surface area contributed by atoms with Gasteiger partial charge in [0.05, 0.1) is 22.9 Å². The van der Waals surface area contributed by atoms with Crippen molar-refractivity contribution in [3.8, 4) is 22.3 Å². The summed E-state index contributed by atoms with van der Waals surface area (Å²) in [5.74, 6) is 0. The van der Waals surface area contributed by atoms with E-state index in [2.05, 4.69) is 140 Å². The SMILES string of the molecule is C1=C(c2ccc(-c3cccc(-c4ccc5oc6ccccc6c5c4)c3)cc2)CCC(c2cnc3c4ccccc4c4ccccc4c3n2)=C1. The first-order valence-corrected chi connectivity index (χ1v) is 16.9. The highest BCUT2D eigenvalue weighted by molar-refractivity contribution is 6.23. The number of benzene rings is 7. The van der Waals surface area contributed by atoms with Gasteiger partial charge in [0.25, 0.3) is 0 Å². The molecule has 0 N–H and O–H groups in total. The van der Waals surface area contributed by atoms with E-state index in [4.69, 9.17) is 14.4 Å². The number of hydrogen-bond donors (Lipinski definition) is 0. The van der Waals surface area contributed by atoms with E-state index in [1.165, 1.54) is 49.7 Å². The number of para-hydroxylation sites is 1. The third-order valence-corrected chi connectivity index (χ3v) is 10.1. The maximum atomic E-state index is 6.05. The van der Waals surface area contributed by atoms with Crippen LogP contribution in [0.4, 0.5) is 0 Å². The molecule has 7 aromatic carbocycles. The molecule has 0 unspecified atom stereocenters. The molecular formula is C46H30N2O. The predicted octanol–water partition coefficient (Wildman–Crippen LogP) is 12.4. The van der Waals surface area contributed by atoms with Gasteiger partial charge in [-0.3, -0.25) is 4.98 Å². The Balaban J connectivity index is 0.937. The van der Waals surface area contributed by atoms with Crippen LogP contribution in [0.25, 0.3) is 87.9 Å². The Bertz CT molecular complexity index is 2780. The lowest BCUT2D eigenvalue weighted by atomic mass is 9.90. The van der Waals surface area contributed by atoms with E-state index in [1.807, 2.05) is 18.3 Å². The van der Waals surface area contributed by atoms with Gasteiger partial charge in [-0.05, 0) is 86.8 Å². The van der Waals surface area contributed by atoms with Gasteiger partial charge in [0.15, 0.2) is 0 Å². The van der Waals surface area contributed by atoms with Crippen molar-refractivity contribution in [3.05, 3.63) is 169 Å². The van der Waals surface area contributed by atoms with E-state index in [-0.39, 0.29) is 0 Å². The second kappa shape index (κ2) is 11.1. The molecule has 230 valence electrons. The summed E-state index contributed by atoms with van der Waals surface area (Å²) in [7, 11) is 0. The fraction of sp³-hybridized carbons (Fsp3) is 0.0435. The number of allylic oxidation sites excluding steroid dienone is 4. The number of nitrogens with zero attached hydrogens (tertiary/aromatic N) is 2. The number of hydrogen-bond acceptors (Lipinski definition) is 3. The third kappa shape index (κ3) is 4.66. The minimum Gasteiger partial charge on any atom is -0.456 e. The number of aromatic nitrogens is 2. The van der Waals surface area contributed by atoms with Gasteiger partial charge in [-0.15, -0.1) is 0 Å². The van der Waals surface area contributed by atoms with Crippen LogP contribution in [0.15, 0.2) is 162 Å². The summed E-state index contributed by atoms with van der Waals surface area (Å²) in [6.45, 7) is 0. The highest BCUT2D eigenvalue weighted by Crippen LogP contribution is 2.37. The monoisotopic (exact) mass is 626 g/mol. The van der Waals surface area contributed by atoms with Crippen molar-refractivity contribution in [2.45, 2.75) is 12.8 Å². The van der Waals surface area contributed by atoms with E-state index in [1.54, 1.807) is 0 Å². The third-order valence-electron chi connectivity index (χ3n) is 10.1. The van der Waals surface area contributed by atoms with Gasteiger partial charge in [-0.1, -0.05) is 127 Å². The first kappa shape index (κ1) is 27.8. The molecule has 0 fully saturated rings. The standard InChI is InChI=1S/C46H30N2O/c1-3-13-39-36(10-1)37-11-2-4-14-40(37)46-45(39)47-28-42(48-46)32-22-20-30(21-23-32)29-16-18-31(19-17-29)33-8-7-9-34(26-33)35-24-25-44-41(27-35)38-12-5-6-15-43(38)49-44/h1-20,22,24-28H,21,23H2. The minimum absolute atomic E-state index is 0.920. The summed E-state index contributed by atoms with van der Waals surface area (Å²) in [4.78, 5) is 10.2. The van der Waals surface area contributed by atoms with Crippen molar-refractivity contribution in [1.29, 1.82) is 0 Å². The van der Waals surface area contributed by atoms with E-state index in [9.17, 15) is 0 Å². The molecule has 2 heterocycles.